The van der Waals surface area contributed by atoms with Gasteiger partial charge in [-0.15, -0.1) is 0 Å². The molecule has 0 radical (unpaired) electrons. The summed E-state index contributed by atoms with van der Waals surface area (Å²) < 4.78 is 0. The fraction of sp³-hybridized carbons (Fsp3) is 0.438. The number of carbonyl (C=O) groups is 1. The molecule has 0 bridgehead atoms. The molecule has 1 saturated carbocycles. The fourth-order valence-electron chi connectivity index (χ4n) is 3.52. The zero-order valence-corrected chi connectivity index (χ0v) is 11.8. The quantitative estimate of drug-likeness (QED) is 0.785. The first-order valence-electron chi connectivity index (χ1n) is 7.02. The van der Waals surface area contributed by atoms with E-state index in [0.717, 1.165) is 35.0 Å². The third kappa shape index (κ3) is 1.57. The molecule has 4 heteroatoms. The Hall–Kier alpha value is -1.97. The highest BCUT2D eigenvalue weighted by atomic mass is 16.4. The average Bonchev–Trinajstić information content (AvgIpc) is 2.98. The van der Waals surface area contributed by atoms with Gasteiger partial charge < -0.3 is 15.2 Å². The van der Waals surface area contributed by atoms with Crippen LogP contribution in [0.1, 0.15) is 42.5 Å². The van der Waals surface area contributed by atoms with Crippen LogP contribution in [-0.2, 0) is 10.2 Å². The summed E-state index contributed by atoms with van der Waals surface area (Å²) in [5.74, 6) is -0.691. The molecule has 106 valence electrons. The van der Waals surface area contributed by atoms with Crippen molar-refractivity contribution in [3.63, 3.8) is 0 Å². The molecule has 3 N–H and O–H groups in total. The summed E-state index contributed by atoms with van der Waals surface area (Å²) in [5.41, 5.74) is 2.49. The normalized spacial score (nSPS) is 17.7. The number of phenols is 1. The first kappa shape index (κ1) is 13.0. The largest absolute Gasteiger partial charge is 0.507 e. The van der Waals surface area contributed by atoms with E-state index in [4.69, 9.17) is 0 Å². The van der Waals surface area contributed by atoms with Crippen LogP contribution in [0.3, 0.4) is 0 Å². The number of aryl methyl sites for hydroxylation is 2. The number of carboxylic acids is 1. The smallest absolute Gasteiger partial charge is 0.314 e. The van der Waals surface area contributed by atoms with E-state index in [2.05, 4.69) is 4.98 Å². The molecule has 0 amide bonds. The predicted octanol–water partition coefficient (Wildman–Crippen LogP) is 3.39. The molecule has 1 heterocycles. The number of aromatic nitrogens is 1. The highest BCUT2D eigenvalue weighted by Crippen LogP contribution is 2.47. The number of aliphatic carboxylic acids is 1. The van der Waals surface area contributed by atoms with Crippen LogP contribution in [0.25, 0.3) is 10.9 Å². The second kappa shape index (κ2) is 4.27. The van der Waals surface area contributed by atoms with Crippen molar-refractivity contribution in [3.8, 4) is 5.75 Å². The Bertz CT molecular complexity index is 693. The van der Waals surface area contributed by atoms with Gasteiger partial charge in [0.05, 0.1) is 5.41 Å². The van der Waals surface area contributed by atoms with Crippen molar-refractivity contribution in [1.82, 2.24) is 4.98 Å². The lowest BCUT2D eigenvalue weighted by Gasteiger charge is -2.25. The van der Waals surface area contributed by atoms with E-state index in [1.54, 1.807) is 6.07 Å². The van der Waals surface area contributed by atoms with Crippen molar-refractivity contribution < 1.29 is 15.0 Å². The third-order valence-corrected chi connectivity index (χ3v) is 4.82. The van der Waals surface area contributed by atoms with Crippen molar-refractivity contribution >= 4 is 16.9 Å². The summed E-state index contributed by atoms with van der Waals surface area (Å²) in [4.78, 5) is 15.0. The van der Waals surface area contributed by atoms with E-state index in [1.807, 2.05) is 19.9 Å². The van der Waals surface area contributed by atoms with Crippen molar-refractivity contribution in [2.75, 3.05) is 0 Å². The molecule has 1 aromatic heterocycles. The summed E-state index contributed by atoms with van der Waals surface area (Å²) in [6.07, 6.45) is 3.00. The molecule has 1 fully saturated rings. The second-order valence-electron chi connectivity index (χ2n) is 5.85. The zero-order valence-electron chi connectivity index (χ0n) is 11.8. The number of benzene rings is 1. The molecule has 1 aliphatic rings. The molecule has 4 nitrogen and oxygen atoms in total. The Balaban J connectivity index is 2.29. The van der Waals surface area contributed by atoms with Gasteiger partial charge >= 0.3 is 5.97 Å². The van der Waals surface area contributed by atoms with Crippen LogP contribution < -0.4 is 0 Å². The molecule has 3 rings (SSSR count). The molecule has 0 spiro atoms. The molecular formula is C16H19NO3. The van der Waals surface area contributed by atoms with Gasteiger partial charge in [-0.2, -0.15) is 0 Å². The topological polar surface area (TPSA) is 73.3 Å². The summed E-state index contributed by atoms with van der Waals surface area (Å²) in [6.45, 7) is 3.90. The molecule has 0 unspecified atom stereocenters. The monoisotopic (exact) mass is 273 g/mol. The molecule has 1 aromatic carbocycles. The van der Waals surface area contributed by atoms with E-state index in [9.17, 15) is 15.0 Å². The van der Waals surface area contributed by atoms with Gasteiger partial charge in [-0.25, -0.2) is 0 Å². The van der Waals surface area contributed by atoms with Gasteiger partial charge in [0.15, 0.2) is 0 Å². The Morgan fingerprint density at radius 2 is 1.90 bits per heavy atom. The van der Waals surface area contributed by atoms with E-state index in [1.165, 1.54) is 0 Å². The lowest BCUT2D eigenvalue weighted by Crippen LogP contribution is -2.32. The van der Waals surface area contributed by atoms with Crippen LogP contribution in [0.15, 0.2) is 12.1 Å². The Labute approximate surface area is 117 Å². The summed E-state index contributed by atoms with van der Waals surface area (Å²) in [5, 5.41) is 21.1. The maximum atomic E-state index is 11.8. The third-order valence-electron chi connectivity index (χ3n) is 4.82. The van der Waals surface area contributed by atoms with Crippen LogP contribution in [0.4, 0.5) is 0 Å². The molecular weight excluding hydrogens is 254 g/mol. The van der Waals surface area contributed by atoms with Crippen LogP contribution in [0.5, 0.6) is 5.75 Å². The van der Waals surface area contributed by atoms with Crippen molar-refractivity contribution in [2.45, 2.75) is 44.9 Å². The predicted molar refractivity (Wildman–Crippen MR) is 77.2 cm³/mol. The van der Waals surface area contributed by atoms with Crippen LogP contribution >= 0.6 is 0 Å². The lowest BCUT2D eigenvalue weighted by atomic mass is 9.78. The molecule has 20 heavy (non-hydrogen) atoms. The van der Waals surface area contributed by atoms with Gasteiger partial charge in [-0.1, -0.05) is 18.9 Å². The number of aromatic hydroxyl groups is 1. The van der Waals surface area contributed by atoms with Crippen molar-refractivity contribution in [3.05, 3.63) is 29.0 Å². The summed E-state index contributed by atoms with van der Waals surface area (Å²) >= 11 is 0. The fourth-order valence-corrected chi connectivity index (χ4v) is 3.52. The maximum absolute atomic E-state index is 11.8. The van der Waals surface area contributed by atoms with Gasteiger partial charge in [-0.05, 0) is 38.3 Å². The SMILES string of the molecule is Cc1[nH]c2ccc(C3(C(=O)O)CCCC3)c(O)c2c1C. The first-order valence-corrected chi connectivity index (χ1v) is 7.02. The highest BCUT2D eigenvalue weighted by Gasteiger charge is 2.45. The van der Waals surface area contributed by atoms with Crippen molar-refractivity contribution in [1.29, 1.82) is 0 Å². The van der Waals surface area contributed by atoms with E-state index < -0.39 is 11.4 Å². The zero-order chi connectivity index (χ0) is 14.5. The standard InChI is InChI=1S/C16H19NO3/c1-9-10(2)17-12-6-5-11(14(18)13(9)12)16(15(19)20)7-3-4-8-16/h5-6,17-18H,3-4,7-8H2,1-2H3,(H,19,20). The minimum absolute atomic E-state index is 0.133. The lowest BCUT2D eigenvalue weighted by molar-refractivity contribution is -0.143. The van der Waals surface area contributed by atoms with Crippen LogP contribution in [0.2, 0.25) is 0 Å². The van der Waals surface area contributed by atoms with Gasteiger partial charge in [-0.3, -0.25) is 4.79 Å². The first-order chi connectivity index (χ1) is 9.47. The highest BCUT2D eigenvalue weighted by molar-refractivity contribution is 5.94. The number of rotatable bonds is 2. The Morgan fingerprint density at radius 3 is 2.50 bits per heavy atom. The van der Waals surface area contributed by atoms with Gasteiger partial charge in [0.2, 0.25) is 0 Å². The Kier molecular flexibility index (Phi) is 2.78. The molecule has 0 saturated heterocycles. The summed E-state index contributed by atoms with van der Waals surface area (Å²) in [7, 11) is 0. The molecule has 1 aliphatic carbocycles. The number of hydrogen-bond acceptors (Lipinski definition) is 2. The number of carboxylic acid groups (broad SMARTS) is 1. The minimum Gasteiger partial charge on any atom is -0.507 e. The molecule has 0 atom stereocenters. The van der Waals surface area contributed by atoms with Gasteiger partial charge in [0.1, 0.15) is 5.75 Å². The van der Waals surface area contributed by atoms with Crippen LogP contribution in [-0.4, -0.2) is 21.2 Å². The van der Waals surface area contributed by atoms with Gasteiger partial charge in [0.25, 0.3) is 0 Å². The Morgan fingerprint density at radius 1 is 1.25 bits per heavy atom. The van der Waals surface area contributed by atoms with Gasteiger partial charge in [0, 0.05) is 22.2 Å². The molecule has 2 aromatic rings. The van der Waals surface area contributed by atoms with E-state index in [-0.39, 0.29) is 5.75 Å². The number of hydrogen-bond donors (Lipinski definition) is 3. The molecule has 0 aliphatic heterocycles. The van der Waals surface area contributed by atoms with Crippen molar-refractivity contribution in [2.24, 2.45) is 0 Å². The number of nitrogens with one attached hydrogen (secondary N) is 1. The van der Waals surface area contributed by atoms with E-state index >= 15 is 0 Å². The number of H-pyrrole nitrogens is 1. The maximum Gasteiger partial charge on any atom is 0.314 e. The summed E-state index contributed by atoms with van der Waals surface area (Å²) in [6, 6.07) is 3.65. The van der Waals surface area contributed by atoms with Crippen LogP contribution in [0, 0.1) is 13.8 Å². The van der Waals surface area contributed by atoms with E-state index in [0.29, 0.717) is 18.4 Å². The number of phenolic OH excluding ortho intramolecular Hbond substituents is 1. The average molecular weight is 273 g/mol. The second-order valence-corrected chi connectivity index (χ2v) is 5.85. The number of fused-ring (bicyclic) bond motifs is 1. The minimum atomic E-state index is -0.921. The number of aromatic amines is 1.